The maximum absolute atomic E-state index is 13.9. The second-order valence-electron chi connectivity index (χ2n) is 4.08. The van der Waals surface area contributed by atoms with Crippen molar-refractivity contribution in [1.82, 2.24) is 0 Å². The monoisotopic (exact) mass is 422 g/mol. The minimum absolute atomic E-state index is 0.145. The SMILES string of the molecule is COc1c(Br)cc(Cl)cc1C(O)c1cc(Br)ccc1F. The van der Waals surface area contributed by atoms with E-state index >= 15 is 0 Å². The van der Waals surface area contributed by atoms with Crippen LogP contribution >= 0.6 is 43.5 Å². The van der Waals surface area contributed by atoms with Gasteiger partial charge in [-0.1, -0.05) is 27.5 Å². The van der Waals surface area contributed by atoms with E-state index in [1.54, 1.807) is 18.2 Å². The minimum Gasteiger partial charge on any atom is -0.495 e. The quantitative estimate of drug-likeness (QED) is 0.743. The van der Waals surface area contributed by atoms with Crippen LogP contribution in [0.15, 0.2) is 39.3 Å². The van der Waals surface area contributed by atoms with Crippen LogP contribution < -0.4 is 4.74 Å². The second-order valence-corrected chi connectivity index (χ2v) is 6.28. The molecule has 6 heteroatoms. The van der Waals surface area contributed by atoms with Crippen LogP contribution in [-0.4, -0.2) is 12.2 Å². The summed E-state index contributed by atoms with van der Waals surface area (Å²) in [6, 6.07) is 7.57. The number of aliphatic hydroxyl groups is 1. The first kappa shape index (κ1) is 15.8. The lowest BCUT2D eigenvalue weighted by Crippen LogP contribution is -2.05. The Kier molecular flexibility index (Phi) is 5.07. The molecule has 0 aromatic heterocycles. The lowest BCUT2D eigenvalue weighted by Gasteiger charge is -2.17. The molecule has 0 fully saturated rings. The standard InChI is InChI=1S/C14H10Br2ClFO2/c1-20-14-10(5-8(17)6-11(14)16)13(19)9-4-7(15)2-3-12(9)18/h2-6,13,19H,1H3. The van der Waals surface area contributed by atoms with Crippen molar-refractivity contribution in [3.8, 4) is 5.75 Å². The van der Waals surface area contributed by atoms with Gasteiger partial charge in [-0.15, -0.1) is 0 Å². The topological polar surface area (TPSA) is 29.5 Å². The molecular weight excluding hydrogens is 414 g/mol. The highest BCUT2D eigenvalue weighted by Gasteiger charge is 2.21. The molecule has 2 aromatic rings. The number of ether oxygens (including phenoxy) is 1. The van der Waals surface area contributed by atoms with Gasteiger partial charge in [0, 0.05) is 20.6 Å². The molecule has 2 aromatic carbocycles. The van der Waals surface area contributed by atoms with Crippen molar-refractivity contribution in [1.29, 1.82) is 0 Å². The number of benzene rings is 2. The van der Waals surface area contributed by atoms with E-state index in [1.807, 2.05) is 0 Å². The number of hydrogen-bond acceptors (Lipinski definition) is 2. The summed E-state index contributed by atoms with van der Waals surface area (Å²) in [7, 11) is 1.47. The number of rotatable bonds is 3. The normalized spacial score (nSPS) is 12.3. The molecule has 20 heavy (non-hydrogen) atoms. The van der Waals surface area contributed by atoms with Crippen molar-refractivity contribution in [2.75, 3.05) is 7.11 Å². The van der Waals surface area contributed by atoms with E-state index in [9.17, 15) is 9.50 Å². The Morgan fingerprint density at radius 2 is 1.90 bits per heavy atom. The van der Waals surface area contributed by atoms with Gasteiger partial charge in [0.2, 0.25) is 0 Å². The van der Waals surface area contributed by atoms with Crippen molar-refractivity contribution in [2.45, 2.75) is 6.10 Å². The fraction of sp³-hybridized carbons (Fsp3) is 0.143. The molecule has 0 radical (unpaired) electrons. The fourth-order valence-corrected chi connectivity index (χ4v) is 3.27. The van der Waals surface area contributed by atoms with Crippen LogP contribution in [0.3, 0.4) is 0 Å². The molecule has 0 saturated carbocycles. The molecule has 1 unspecified atom stereocenters. The van der Waals surface area contributed by atoms with Crippen LogP contribution in [0.25, 0.3) is 0 Å². The van der Waals surface area contributed by atoms with E-state index in [2.05, 4.69) is 31.9 Å². The van der Waals surface area contributed by atoms with Crippen molar-refractivity contribution in [2.24, 2.45) is 0 Å². The average molecular weight is 424 g/mol. The van der Waals surface area contributed by atoms with Gasteiger partial charge >= 0.3 is 0 Å². The predicted molar refractivity (Wildman–Crippen MR) is 83.9 cm³/mol. The molecule has 0 aliphatic heterocycles. The predicted octanol–water partition coefficient (Wildman–Crippen LogP) is 5.09. The van der Waals surface area contributed by atoms with Gasteiger partial charge in [-0.25, -0.2) is 4.39 Å². The largest absolute Gasteiger partial charge is 0.495 e. The zero-order valence-electron chi connectivity index (χ0n) is 10.3. The highest BCUT2D eigenvalue weighted by molar-refractivity contribution is 9.10. The van der Waals surface area contributed by atoms with Crippen LogP contribution in [0, 0.1) is 5.82 Å². The summed E-state index contributed by atoms with van der Waals surface area (Å²) in [5, 5.41) is 10.9. The Morgan fingerprint density at radius 1 is 1.20 bits per heavy atom. The molecule has 0 amide bonds. The van der Waals surface area contributed by atoms with Gasteiger partial charge in [-0.05, 0) is 46.3 Å². The zero-order chi connectivity index (χ0) is 14.9. The van der Waals surface area contributed by atoms with E-state index < -0.39 is 11.9 Å². The molecule has 106 valence electrons. The van der Waals surface area contributed by atoms with E-state index in [0.717, 1.165) is 0 Å². The number of aliphatic hydroxyl groups excluding tert-OH is 1. The molecule has 0 saturated heterocycles. The molecule has 2 nitrogen and oxygen atoms in total. The molecule has 0 heterocycles. The van der Waals surface area contributed by atoms with Crippen molar-refractivity contribution >= 4 is 43.5 Å². The van der Waals surface area contributed by atoms with Crippen LogP contribution in [-0.2, 0) is 0 Å². The Balaban J connectivity index is 2.58. The first-order chi connectivity index (χ1) is 9.43. The molecule has 0 spiro atoms. The third-order valence-electron chi connectivity index (χ3n) is 2.79. The number of halogens is 4. The Hall–Kier alpha value is -0.620. The first-order valence-electron chi connectivity index (χ1n) is 5.60. The summed E-state index contributed by atoms with van der Waals surface area (Å²) < 4.78 is 20.4. The van der Waals surface area contributed by atoms with Crippen LogP contribution in [0.1, 0.15) is 17.2 Å². The lowest BCUT2D eigenvalue weighted by molar-refractivity contribution is 0.209. The smallest absolute Gasteiger partial charge is 0.139 e. The van der Waals surface area contributed by atoms with E-state index in [0.29, 0.717) is 25.3 Å². The molecule has 1 atom stereocenters. The van der Waals surface area contributed by atoms with Crippen LogP contribution in [0.4, 0.5) is 4.39 Å². The summed E-state index contributed by atoms with van der Waals surface area (Å²) in [4.78, 5) is 0. The third-order valence-corrected chi connectivity index (χ3v) is 4.09. The Bertz CT molecular complexity index is 649. The summed E-state index contributed by atoms with van der Waals surface area (Å²) in [6.07, 6.45) is -1.18. The Morgan fingerprint density at radius 3 is 2.55 bits per heavy atom. The molecule has 0 aliphatic carbocycles. The van der Waals surface area contributed by atoms with Gasteiger partial charge in [-0.3, -0.25) is 0 Å². The molecular formula is C14H10Br2ClFO2. The van der Waals surface area contributed by atoms with E-state index in [4.69, 9.17) is 16.3 Å². The highest BCUT2D eigenvalue weighted by Crippen LogP contribution is 2.39. The van der Waals surface area contributed by atoms with Crippen molar-refractivity contribution in [3.63, 3.8) is 0 Å². The van der Waals surface area contributed by atoms with Gasteiger partial charge in [0.05, 0.1) is 11.6 Å². The summed E-state index contributed by atoms with van der Waals surface area (Å²) in [5.74, 6) is -0.0832. The molecule has 0 bridgehead atoms. The lowest BCUT2D eigenvalue weighted by atomic mass is 10.00. The number of hydrogen-bond donors (Lipinski definition) is 1. The molecule has 1 N–H and O–H groups in total. The molecule has 0 aliphatic rings. The zero-order valence-corrected chi connectivity index (χ0v) is 14.3. The maximum Gasteiger partial charge on any atom is 0.139 e. The summed E-state index contributed by atoms with van der Waals surface area (Å²) >= 11 is 12.5. The van der Waals surface area contributed by atoms with Gasteiger partial charge in [-0.2, -0.15) is 0 Å². The maximum atomic E-state index is 13.9. The third kappa shape index (κ3) is 3.17. The van der Waals surface area contributed by atoms with E-state index in [-0.39, 0.29) is 5.56 Å². The molecule has 2 rings (SSSR count). The van der Waals surface area contributed by atoms with Gasteiger partial charge < -0.3 is 9.84 Å². The fourth-order valence-electron chi connectivity index (χ4n) is 1.89. The minimum atomic E-state index is -1.18. The van der Waals surface area contributed by atoms with Gasteiger partial charge in [0.25, 0.3) is 0 Å². The van der Waals surface area contributed by atoms with Crippen molar-refractivity contribution in [3.05, 3.63) is 61.2 Å². The van der Waals surface area contributed by atoms with Crippen LogP contribution in [0.5, 0.6) is 5.75 Å². The van der Waals surface area contributed by atoms with Crippen molar-refractivity contribution < 1.29 is 14.2 Å². The average Bonchev–Trinajstić information content (AvgIpc) is 2.40. The van der Waals surface area contributed by atoms with Crippen LogP contribution in [0.2, 0.25) is 5.02 Å². The Labute approximate surface area is 137 Å². The highest BCUT2D eigenvalue weighted by atomic mass is 79.9. The summed E-state index contributed by atoms with van der Waals surface area (Å²) in [6.45, 7) is 0. The van der Waals surface area contributed by atoms with Gasteiger partial charge in [0.1, 0.15) is 17.7 Å². The second kappa shape index (κ2) is 6.43. The van der Waals surface area contributed by atoms with E-state index in [1.165, 1.54) is 19.2 Å². The summed E-state index contributed by atoms with van der Waals surface area (Å²) in [5.41, 5.74) is 0.538. The first-order valence-corrected chi connectivity index (χ1v) is 7.56. The van der Waals surface area contributed by atoms with Gasteiger partial charge in [0.15, 0.2) is 0 Å². The number of methoxy groups -OCH3 is 1.